The van der Waals surface area contributed by atoms with E-state index in [0.29, 0.717) is 12.8 Å². The topological polar surface area (TPSA) is 77.8 Å². The minimum absolute atomic E-state index is 0.310. The molecule has 12 heavy (non-hydrogen) atoms. The van der Waals surface area contributed by atoms with E-state index in [0.717, 1.165) is 0 Å². The summed E-state index contributed by atoms with van der Waals surface area (Å²) in [5.41, 5.74) is 0. The number of aliphatic hydroxyl groups is 2. The second kappa shape index (κ2) is 5.11. The number of carboxylic acids is 1. The molecule has 0 amide bonds. The van der Waals surface area contributed by atoms with Gasteiger partial charge in [-0.1, -0.05) is 0 Å². The van der Waals surface area contributed by atoms with E-state index in [1.807, 2.05) is 0 Å². The summed E-state index contributed by atoms with van der Waals surface area (Å²) >= 11 is 0. The molecule has 0 saturated heterocycles. The van der Waals surface area contributed by atoms with Crippen molar-refractivity contribution in [1.29, 1.82) is 0 Å². The Hall–Kier alpha value is -0.610. The first-order chi connectivity index (χ1) is 5.45. The summed E-state index contributed by atoms with van der Waals surface area (Å²) in [4.78, 5) is 10.5. The van der Waals surface area contributed by atoms with E-state index >= 15 is 0 Å². The zero-order chi connectivity index (χ0) is 9.72. The second-order valence-electron chi connectivity index (χ2n) is 3.11. The van der Waals surface area contributed by atoms with Crippen LogP contribution >= 0.6 is 0 Å². The lowest BCUT2D eigenvalue weighted by atomic mass is 9.97. The summed E-state index contributed by atoms with van der Waals surface area (Å²) in [5.74, 6) is -1.77. The maximum Gasteiger partial charge on any atom is 0.309 e. The highest BCUT2D eigenvalue weighted by Gasteiger charge is 2.22. The molecule has 0 spiro atoms. The molecule has 0 saturated carbocycles. The lowest BCUT2D eigenvalue weighted by Gasteiger charge is -2.15. The minimum atomic E-state index is -1.01. The predicted molar refractivity (Wildman–Crippen MR) is 43.7 cm³/mol. The fraction of sp³-hybridized carbons (Fsp3) is 0.875. The van der Waals surface area contributed by atoms with Crippen molar-refractivity contribution >= 4 is 5.97 Å². The molecule has 4 nitrogen and oxygen atoms in total. The lowest BCUT2D eigenvalue weighted by molar-refractivity contribution is -0.145. The number of carbonyl (C=O) groups is 1. The molecule has 0 radical (unpaired) electrons. The maximum absolute atomic E-state index is 10.5. The van der Waals surface area contributed by atoms with Crippen LogP contribution in [0.1, 0.15) is 26.7 Å². The Morgan fingerprint density at radius 1 is 1.25 bits per heavy atom. The predicted octanol–water partition coefficient (Wildman–Crippen LogP) is 0.229. The van der Waals surface area contributed by atoms with Crippen molar-refractivity contribution in [2.75, 3.05) is 0 Å². The Kier molecular flexibility index (Phi) is 4.85. The lowest BCUT2D eigenvalue weighted by Crippen LogP contribution is -2.26. The number of hydrogen-bond acceptors (Lipinski definition) is 3. The molecule has 3 N–H and O–H groups in total. The third-order valence-corrected chi connectivity index (χ3v) is 1.79. The average Bonchev–Trinajstić information content (AvgIpc) is 1.84. The van der Waals surface area contributed by atoms with Crippen LogP contribution in [-0.2, 0) is 4.79 Å². The molecule has 0 aliphatic rings. The summed E-state index contributed by atoms with van der Waals surface area (Å²) in [7, 11) is 0. The monoisotopic (exact) mass is 176 g/mol. The van der Waals surface area contributed by atoms with Crippen LogP contribution in [0.15, 0.2) is 0 Å². The van der Waals surface area contributed by atoms with Gasteiger partial charge in [-0.25, -0.2) is 0 Å². The van der Waals surface area contributed by atoms with Gasteiger partial charge in [0, 0.05) is 0 Å². The summed E-state index contributed by atoms with van der Waals surface area (Å²) < 4.78 is 0. The molecule has 3 atom stereocenters. The third kappa shape index (κ3) is 4.31. The number of carboxylic acid groups (broad SMARTS) is 1. The summed E-state index contributed by atoms with van der Waals surface area (Å²) in [6.07, 6.45) is -0.654. The molecule has 0 aromatic rings. The van der Waals surface area contributed by atoms with Crippen molar-refractivity contribution < 1.29 is 20.1 Å². The van der Waals surface area contributed by atoms with Crippen molar-refractivity contribution in [1.82, 2.24) is 0 Å². The van der Waals surface area contributed by atoms with Crippen LogP contribution in [0.3, 0.4) is 0 Å². The molecule has 0 aromatic carbocycles. The molecule has 1 unspecified atom stereocenters. The molecular weight excluding hydrogens is 160 g/mol. The Morgan fingerprint density at radius 3 is 2.00 bits per heavy atom. The van der Waals surface area contributed by atoms with E-state index in [1.165, 1.54) is 6.92 Å². The standard InChI is InChI=1S/C8H16O4/c1-5(9)3-4-7(6(2)10)8(11)12/h5-7,9-10H,3-4H2,1-2H3,(H,11,12)/t5-,6+,7?/m0/s1. The normalized spacial score (nSPS) is 18.3. The Balaban J connectivity index is 3.88. The summed E-state index contributed by atoms with van der Waals surface area (Å²) in [6.45, 7) is 3.04. The fourth-order valence-corrected chi connectivity index (χ4v) is 0.992. The van der Waals surface area contributed by atoms with Crippen LogP contribution < -0.4 is 0 Å². The molecule has 72 valence electrons. The van der Waals surface area contributed by atoms with Crippen LogP contribution in [0.25, 0.3) is 0 Å². The summed E-state index contributed by atoms with van der Waals surface area (Å²) in [5, 5.41) is 26.5. The second-order valence-corrected chi connectivity index (χ2v) is 3.11. The van der Waals surface area contributed by atoms with Gasteiger partial charge in [0.1, 0.15) is 0 Å². The Morgan fingerprint density at radius 2 is 1.75 bits per heavy atom. The Labute approximate surface area is 71.8 Å². The highest BCUT2D eigenvalue weighted by molar-refractivity contribution is 5.70. The molecule has 0 aromatic heterocycles. The zero-order valence-electron chi connectivity index (χ0n) is 7.40. The third-order valence-electron chi connectivity index (χ3n) is 1.79. The fourth-order valence-electron chi connectivity index (χ4n) is 0.992. The van der Waals surface area contributed by atoms with Crippen molar-refractivity contribution in [2.24, 2.45) is 5.92 Å². The van der Waals surface area contributed by atoms with Gasteiger partial charge in [0.2, 0.25) is 0 Å². The van der Waals surface area contributed by atoms with Gasteiger partial charge in [-0.05, 0) is 26.7 Å². The van der Waals surface area contributed by atoms with Gasteiger partial charge in [-0.2, -0.15) is 0 Å². The molecular formula is C8H16O4. The van der Waals surface area contributed by atoms with Crippen molar-refractivity contribution in [2.45, 2.75) is 38.9 Å². The largest absolute Gasteiger partial charge is 0.481 e. The molecule has 0 aliphatic heterocycles. The van der Waals surface area contributed by atoms with Gasteiger partial charge in [-0.15, -0.1) is 0 Å². The molecule has 0 fully saturated rings. The van der Waals surface area contributed by atoms with Crippen LogP contribution in [-0.4, -0.2) is 33.5 Å². The number of aliphatic carboxylic acids is 1. The summed E-state index contributed by atoms with van der Waals surface area (Å²) in [6, 6.07) is 0. The van der Waals surface area contributed by atoms with Gasteiger partial charge in [0.25, 0.3) is 0 Å². The number of hydrogen-bond donors (Lipinski definition) is 3. The van der Waals surface area contributed by atoms with Crippen LogP contribution in [0.4, 0.5) is 0 Å². The number of rotatable bonds is 5. The zero-order valence-corrected chi connectivity index (χ0v) is 7.40. The maximum atomic E-state index is 10.5. The first kappa shape index (κ1) is 11.4. The van der Waals surface area contributed by atoms with E-state index in [-0.39, 0.29) is 0 Å². The van der Waals surface area contributed by atoms with E-state index in [4.69, 9.17) is 15.3 Å². The van der Waals surface area contributed by atoms with Gasteiger partial charge < -0.3 is 15.3 Å². The molecule has 0 rings (SSSR count). The smallest absolute Gasteiger partial charge is 0.309 e. The molecule has 0 aliphatic carbocycles. The van der Waals surface area contributed by atoms with Crippen molar-refractivity contribution in [3.8, 4) is 0 Å². The highest BCUT2D eigenvalue weighted by Crippen LogP contribution is 2.13. The molecule has 0 heterocycles. The quantitative estimate of drug-likeness (QED) is 0.560. The van der Waals surface area contributed by atoms with E-state index < -0.39 is 24.1 Å². The van der Waals surface area contributed by atoms with Crippen LogP contribution in [0, 0.1) is 5.92 Å². The van der Waals surface area contributed by atoms with E-state index in [2.05, 4.69) is 0 Å². The van der Waals surface area contributed by atoms with E-state index in [1.54, 1.807) is 6.92 Å². The average molecular weight is 176 g/mol. The first-order valence-electron chi connectivity index (χ1n) is 4.04. The molecule has 0 bridgehead atoms. The first-order valence-corrected chi connectivity index (χ1v) is 4.04. The van der Waals surface area contributed by atoms with Crippen LogP contribution in [0.2, 0.25) is 0 Å². The van der Waals surface area contributed by atoms with Gasteiger partial charge in [0.05, 0.1) is 18.1 Å². The van der Waals surface area contributed by atoms with E-state index in [9.17, 15) is 4.79 Å². The minimum Gasteiger partial charge on any atom is -0.481 e. The highest BCUT2D eigenvalue weighted by atomic mass is 16.4. The SMILES string of the molecule is C[C@H](O)CCC(C(=O)O)[C@@H](C)O. The Bertz CT molecular complexity index is 142. The van der Waals surface area contributed by atoms with Crippen molar-refractivity contribution in [3.05, 3.63) is 0 Å². The van der Waals surface area contributed by atoms with Gasteiger partial charge in [0.15, 0.2) is 0 Å². The van der Waals surface area contributed by atoms with Crippen LogP contribution in [0.5, 0.6) is 0 Å². The van der Waals surface area contributed by atoms with Gasteiger partial charge in [-0.3, -0.25) is 4.79 Å². The van der Waals surface area contributed by atoms with Gasteiger partial charge >= 0.3 is 5.97 Å². The molecule has 4 heteroatoms. The number of aliphatic hydroxyl groups excluding tert-OH is 2. The van der Waals surface area contributed by atoms with Crippen molar-refractivity contribution in [3.63, 3.8) is 0 Å².